The molecule has 1 aromatic carbocycles. The molecule has 2 aromatic rings. The third-order valence-electron chi connectivity index (χ3n) is 4.29. The number of benzene rings is 1. The van der Waals surface area contributed by atoms with Crippen LogP contribution in [0.1, 0.15) is 50.1 Å². The Hall–Kier alpha value is -2.68. The zero-order valence-corrected chi connectivity index (χ0v) is 15.6. The SMILES string of the molecule is CCOC(=O)c1c(NC(=O)c2ccccc2C(F)(F)F)sc2c1CCC(=O)C2. The molecule has 9 heteroatoms. The first-order valence-corrected chi connectivity index (χ1v) is 9.35. The van der Waals surface area contributed by atoms with Crippen LogP contribution in [0.25, 0.3) is 0 Å². The Kier molecular flexibility index (Phi) is 5.55. The fraction of sp³-hybridized carbons (Fsp3) is 0.316. The molecule has 0 saturated heterocycles. The lowest BCUT2D eigenvalue weighted by molar-refractivity contribution is -0.137. The molecule has 0 fully saturated rings. The number of fused-ring (bicyclic) bond motifs is 1. The van der Waals surface area contributed by atoms with Gasteiger partial charge in [0.05, 0.1) is 23.3 Å². The zero-order valence-electron chi connectivity index (χ0n) is 14.8. The highest BCUT2D eigenvalue weighted by Gasteiger charge is 2.36. The van der Waals surface area contributed by atoms with Gasteiger partial charge in [0.25, 0.3) is 5.91 Å². The minimum atomic E-state index is -4.70. The molecule has 0 spiro atoms. The summed E-state index contributed by atoms with van der Waals surface area (Å²) >= 11 is 1.02. The molecule has 3 rings (SSSR count). The molecule has 1 aromatic heterocycles. The van der Waals surface area contributed by atoms with Crippen LogP contribution in [-0.2, 0) is 28.5 Å². The van der Waals surface area contributed by atoms with Gasteiger partial charge in [0, 0.05) is 17.7 Å². The summed E-state index contributed by atoms with van der Waals surface area (Å²) in [6, 6.07) is 4.41. The van der Waals surface area contributed by atoms with Crippen LogP contribution in [0.4, 0.5) is 18.2 Å². The summed E-state index contributed by atoms with van der Waals surface area (Å²) in [6.07, 6.45) is -3.98. The molecule has 0 aliphatic heterocycles. The predicted octanol–water partition coefficient (Wildman–Crippen LogP) is 4.25. The van der Waals surface area contributed by atoms with E-state index in [1.165, 1.54) is 12.1 Å². The molecule has 148 valence electrons. The maximum atomic E-state index is 13.2. The zero-order chi connectivity index (χ0) is 20.5. The van der Waals surface area contributed by atoms with Gasteiger partial charge in [0.15, 0.2) is 0 Å². The second-order valence-electron chi connectivity index (χ2n) is 6.14. The molecule has 5 nitrogen and oxygen atoms in total. The Morgan fingerprint density at radius 2 is 1.93 bits per heavy atom. The number of ether oxygens (including phenoxy) is 1. The quantitative estimate of drug-likeness (QED) is 0.764. The lowest BCUT2D eigenvalue weighted by Crippen LogP contribution is -2.20. The van der Waals surface area contributed by atoms with E-state index in [1.54, 1.807) is 6.92 Å². The molecule has 28 heavy (non-hydrogen) atoms. The monoisotopic (exact) mass is 411 g/mol. The Morgan fingerprint density at radius 3 is 2.61 bits per heavy atom. The number of Topliss-reactive ketones (excluding diaryl/α,β-unsaturated/α-hetero) is 1. The van der Waals surface area contributed by atoms with Crippen molar-refractivity contribution < 1.29 is 32.3 Å². The summed E-state index contributed by atoms with van der Waals surface area (Å²) in [5.74, 6) is -1.65. The number of halogens is 3. The minimum absolute atomic E-state index is 0.00412. The van der Waals surface area contributed by atoms with E-state index in [4.69, 9.17) is 4.74 Å². The highest BCUT2D eigenvalue weighted by Crippen LogP contribution is 2.39. The molecule has 1 aliphatic rings. The number of carbonyl (C=O) groups is 3. The number of anilines is 1. The van der Waals surface area contributed by atoms with Crippen LogP contribution in [0, 0.1) is 0 Å². The highest BCUT2D eigenvalue weighted by atomic mass is 32.1. The summed E-state index contributed by atoms with van der Waals surface area (Å²) in [5, 5.41) is 2.52. The summed E-state index contributed by atoms with van der Waals surface area (Å²) in [4.78, 5) is 37.3. The number of thiophene rings is 1. The van der Waals surface area contributed by atoms with Gasteiger partial charge in [-0.15, -0.1) is 11.3 Å². The number of hydrogen-bond acceptors (Lipinski definition) is 5. The van der Waals surface area contributed by atoms with Crippen LogP contribution in [0.15, 0.2) is 24.3 Å². The van der Waals surface area contributed by atoms with Gasteiger partial charge in [-0.2, -0.15) is 13.2 Å². The van der Waals surface area contributed by atoms with Crippen molar-refractivity contribution in [3.05, 3.63) is 51.4 Å². The highest BCUT2D eigenvalue weighted by molar-refractivity contribution is 7.17. The van der Waals surface area contributed by atoms with Gasteiger partial charge in [-0.05, 0) is 31.0 Å². The van der Waals surface area contributed by atoms with Crippen molar-refractivity contribution in [2.75, 3.05) is 11.9 Å². The van der Waals surface area contributed by atoms with E-state index in [-0.39, 0.29) is 35.8 Å². The van der Waals surface area contributed by atoms with E-state index >= 15 is 0 Å². The largest absolute Gasteiger partial charge is 0.462 e. The minimum Gasteiger partial charge on any atom is -0.462 e. The number of esters is 1. The van der Waals surface area contributed by atoms with Crippen LogP contribution < -0.4 is 5.32 Å². The normalized spacial score (nSPS) is 13.8. The summed E-state index contributed by atoms with van der Waals surface area (Å²) < 4.78 is 44.6. The molecule has 0 radical (unpaired) electrons. The molecule has 1 aliphatic carbocycles. The third kappa shape index (κ3) is 3.94. The van der Waals surface area contributed by atoms with E-state index in [1.807, 2.05) is 0 Å². The molecular formula is C19H16F3NO4S. The molecule has 0 bridgehead atoms. The lowest BCUT2D eigenvalue weighted by Gasteiger charge is -2.13. The van der Waals surface area contributed by atoms with E-state index in [9.17, 15) is 27.6 Å². The molecule has 1 N–H and O–H groups in total. The number of carbonyl (C=O) groups excluding carboxylic acids is 3. The number of nitrogens with one attached hydrogen (secondary N) is 1. The third-order valence-corrected chi connectivity index (χ3v) is 5.43. The lowest BCUT2D eigenvalue weighted by atomic mass is 9.94. The van der Waals surface area contributed by atoms with Gasteiger partial charge in [0.2, 0.25) is 0 Å². The first-order valence-electron chi connectivity index (χ1n) is 8.53. The van der Waals surface area contributed by atoms with Crippen LogP contribution in [0.5, 0.6) is 0 Å². The van der Waals surface area contributed by atoms with E-state index in [0.717, 1.165) is 23.5 Å². The average Bonchev–Trinajstić information content (AvgIpc) is 2.98. The number of alkyl halides is 3. The molecular weight excluding hydrogens is 395 g/mol. The van der Waals surface area contributed by atoms with Gasteiger partial charge in [-0.3, -0.25) is 9.59 Å². The molecule has 0 unspecified atom stereocenters. The van der Waals surface area contributed by atoms with E-state index in [2.05, 4.69) is 5.32 Å². The fourth-order valence-corrected chi connectivity index (χ4v) is 4.32. The number of ketones is 1. The number of rotatable bonds is 4. The van der Waals surface area contributed by atoms with E-state index in [0.29, 0.717) is 16.9 Å². The standard InChI is InChI=1S/C19H16F3NO4S/c1-2-27-18(26)15-12-8-7-10(24)9-14(12)28-17(15)23-16(25)11-5-3-4-6-13(11)19(20,21)22/h3-6H,2,7-9H2,1H3,(H,23,25). The van der Waals surface area contributed by atoms with Crippen molar-refractivity contribution in [3.63, 3.8) is 0 Å². The van der Waals surface area contributed by atoms with Crippen molar-refractivity contribution in [3.8, 4) is 0 Å². The van der Waals surface area contributed by atoms with Gasteiger partial charge < -0.3 is 10.1 Å². The average molecular weight is 411 g/mol. The Labute approximate surface area is 162 Å². The van der Waals surface area contributed by atoms with Gasteiger partial charge in [-0.1, -0.05) is 12.1 Å². The second kappa shape index (κ2) is 7.75. The Bertz CT molecular complexity index is 949. The van der Waals surface area contributed by atoms with Gasteiger partial charge >= 0.3 is 12.1 Å². The van der Waals surface area contributed by atoms with Crippen molar-refractivity contribution in [1.82, 2.24) is 0 Å². The van der Waals surface area contributed by atoms with Crippen LogP contribution in [0.2, 0.25) is 0 Å². The number of amides is 1. The van der Waals surface area contributed by atoms with Crippen molar-refractivity contribution in [2.24, 2.45) is 0 Å². The molecule has 1 heterocycles. The maximum absolute atomic E-state index is 13.2. The Morgan fingerprint density at radius 1 is 1.21 bits per heavy atom. The first-order chi connectivity index (χ1) is 13.2. The van der Waals surface area contributed by atoms with Gasteiger partial charge in [-0.25, -0.2) is 4.79 Å². The molecule has 0 saturated carbocycles. The van der Waals surface area contributed by atoms with Crippen molar-refractivity contribution in [2.45, 2.75) is 32.4 Å². The van der Waals surface area contributed by atoms with Crippen LogP contribution in [-0.4, -0.2) is 24.3 Å². The fourth-order valence-electron chi connectivity index (χ4n) is 3.06. The Balaban J connectivity index is 2.00. The topological polar surface area (TPSA) is 72.5 Å². The van der Waals surface area contributed by atoms with Crippen molar-refractivity contribution >= 4 is 34.0 Å². The summed E-state index contributed by atoms with van der Waals surface area (Å²) in [5.41, 5.74) is -0.886. The van der Waals surface area contributed by atoms with Crippen molar-refractivity contribution in [1.29, 1.82) is 0 Å². The van der Waals surface area contributed by atoms with Gasteiger partial charge in [0.1, 0.15) is 10.8 Å². The van der Waals surface area contributed by atoms with Crippen LogP contribution in [0.3, 0.4) is 0 Å². The molecule has 0 atom stereocenters. The van der Waals surface area contributed by atoms with E-state index < -0.39 is 29.2 Å². The maximum Gasteiger partial charge on any atom is 0.417 e. The van der Waals surface area contributed by atoms with Crippen LogP contribution >= 0.6 is 11.3 Å². The first kappa shape index (κ1) is 20.1. The number of hydrogen-bond donors (Lipinski definition) is 1. The summed E-state index contributed by atoms with van der Waals surface area (Å²) in [6.45, 7) is 1.73. The smallest absolute Gasteiger partial charge is 0.417 e. The second-order valence-corrected chi connectivity index (χ2v) is 7.25. The predicted molar refractivity (Wildman–Crippen MR) is 96.7 cm³/mol. The molecule has 1 amide bonds. The summed E-state index contributed by atoms with van der Waals surface area (Å²) in [7, 11) is 0.